The van der Waals surface area contributed by atoms with Crippen LogP contribution in [0.15, 0.2) is 41.3 Å². The van der Waals surface area contributed by atoms with E-state index in [9.17, 15) is 13.2 Å². The Balaban J connectivity index is 1.92. The van der Waals surface area contributed by atoms with E-state index in [1.807, 2.05) is 26.0 Å². The lowest BCUT2D eigenvalue weighted by Gasteiger charge is -2.30. The molecule has 2 aromatic rings. The molecule has 0 aromatic heterocycles. The van der Waals surface area contributed by atoms with Crippen LogP contribution in [0.5, 0.6) is 5.75 Å². The zero-order valence-corrected chi connectivity index (χ0v) is 18.9. The van der Waals surface area contributed by atoms with E-state index in [1.54, 1.807) is 29.4 Å². The zero-order chi connectivity index (χ0) is 21.9. The van der Waals surface area contributed by atoms with Crippen molar-refractivity contribution in [1.29, 1.82) is 0 Å². The molecular formula is C23H30N2O4S. The van der Waals surface area contributed by atoms with Gasteiger partial charge in [0.25, 0.3) is 5.91 Å². The van der Waals surface area contributed by atoms with E-state index in [2.05, 4.69) is 12.2 Å². The Hall–Kier alpha value is -2.38. The van der Waals surface area contributed by atoms with Crippen LogP contribution >= 0.6 is 0 Å². The molecule has 2 aromatic carbocycles. The highest BCUT2D eigenvalue weighted by atomic mass is 32.2. The number of sulfonamides is 1. The highest BCUT2D eigenvalue weighted by molar-refractivity contribution is 7.89. The molecule has 1 aliphatic rings. The van der Waals surface area contributed by atoms with Gasteiger partial charge in [-0.1, -0.05) is 19.1 Å². The molecule has 0 spiro atoms. The van der Waals surface area contributed by atoms with Gasteiger partial charge in [-0.25, -0.2) is 8.42 Å². The molecule has 1 heterocycles. The number of hydrogen-bond acceptors (Lipinski definition) is 4. The van der Waals surface area contributed by atoms with Crippen LogP contribution in [-0.2, 0) is 10.0 Å². The fourth-order valence-corrected chi connectivity index (χ4v) is 5.43. The van der Waals surface area contributed by atoms with Crippen LogP contribution in [0.3, 0.4) is 0 Å². The van der Waals surface area contributed by atoms with Crippen molar-refractivity contribution in [3.8, 4) is 5.75 Å². The lowest BCUT2D eigenvalue weighted by atomic mass is 10.0. The SMILES string of the molecule is CCOc1ccccc1NC(=O)c1cc(C)c(C)c(S(=O)(=O)N2CCC(C)CC2)c1. The Labute approximate surface area is 179 Å². The van der Waals surface area contributed by atoms with Crippen LogP contribution in [0, 0.1) is 19.8 Å². The van der Waals surface area contributed by atoms with Crippen molar-refractivity contribution in [1.82, 2.24) is 4.31 Å². The van der Waals surface area contributed by atoms with Crippen LogP contribution in [-0.4, -0.2) is 38.3 Å². The fraction of sp³-hybridized carbons (Fsp3) is 0.435. The highest BCUT2D eigenvalue weighted by Gasteiger charge is 2.30. The van der Waals surface area contributed by atoms with Gasteiger partial charge in [0.05, 0.1) is 17.2 Å². The molecule has 162 valence electrons. The lowest BCUT2D eigenvalue weighted by Crippen LogP contribution is -2.38. The minimum absolute atomic E-state index is 0.209. The van der Waals surface area contributed by atoms with Crippen molar-refractivity contribution in [2.75, 3.05) is 25.0 Å². The first-order chi connectivity index (χ1) is 14.2. The number of carbonyl (C=O) groups is 1. The van der Waals surface area contributed by atoms with Gasteiger partial charge < -0.3 is 10.1 Å². The van der Waals surface area contributed by atoms with E-state index in [0.29, 0.717) is 48.2 Å². The first-order valence-electron chi connectivity index (χ1n) is 10.4. The number of carbonyl (C=O) groups excluding carboxylic acids is 1. The molecule has 0 radical (unpaired) electrons. The Morgan fingerprint density at radius 3 is 2.50 bits per heavy atom. The molecule has 0 bridgehead atoms. The third-order valence-corrected chi connectivity index (χ3v) is 7.70. The van der Waals surface area contributed by atoms with Crippen LogP contribution in [0.1, 0.15) is 48.2 Å². The summed E-state index contributed by atoms with van der Waals surface area (Å²) < 4.78 is 33.7. The number of hydrogen-bond donors (Lipinski definition) is 1. The van der Waals surface area contributed by atoms with Crippen molar-refractivity contribution in [2.45, 2.75) is 45.4 Å². The molecule has 1 amide bonds. The molecule has 6 nitrogen and oxygen atoms in total. The number of nitrogens with zero attached hydrogens (tertiary/aromatic N) is 1. The van der Waals surface area contributed by atoms with Gasteiger partial charge in [0.1, 0.15) is 5.75 Å². The summed E-state index contributed by atoms with van der Waals surface area (Å²) in [6.45, 7) is 9.15. The maximum atomic E-state index is 13.3. The molecule has 7 heteroatoms. The Kier molecular flexibility index (Phi) is 6.83. The van der Waals surface area contributed by atoms with Crippen LogP contribution in [0.4, 0.5) is 5.69 Å². The summed E-state index contributed by atoms with van der Waals surface area (Å²) in [5, 5.41) is 2.85. The summed E-state index contributed by atoms with van der Waals surface area (Å²) in [7, 11) is -3.66. The number of para-hydroxylation sites is 2. The second-order valence-corrected chi connectivity index (χ2v) is 9.79. The third-order valence-electron chi connectivity index (χ3n) is 5.68. The summed E-state index contributed by atoms with van der Waals surface area (Å²) in [5.74, 6) is 0.739. The first-order valence-corrected chi connectivity index (χ1v) is 11.8. The second kappa shape index (κ2) is 9.18. The van der Waals surface area contributed by atoms with Crippen molar-refractivity contribution >= 4 is 21.6 Å². The molecule has 30 heavy (non-hydrogen) atoms. The minimum Gasteiger partial charge on any atom is -0.492 e. The largest absolute Gasteiger partial charge is 0.492 e. The van der Waals surface area contributed by atoms with Gasteiger partial charge in [0.2, 0.25) is 10.0 Å². The van der Waals surface area contributed by atoms with E-state index in [-0.39, 0.29) is 10.8 Å². The van der Waals surface area contributed by atoms with Gasteiger partial charge in [-0.15, -0.1) is 0 Å². The van der Waals surface area contributed by atoms with Crippen molar-refractivity contribution in [2.24, 2.45) is 5.92 Å². The number of amides is 1. The standard InChI is InChI=1S/C23H30N2O4S/c1-5-29-21-9-7-6-8-20(21)24-23(26)19-14-17(3)18(4)22(15-19)30(27,28)25-12-10-16(2)11-13-25/h6-9,14-16H,5,10-13H2,1-4H3,(H,24,26). The summed E-state index contributed by atoms with van der Waals surface area (Å²) in [5.41, 5.74) is 2.31. The van der Waals surface area contributed by atoms with E-state index in [1.165, 1.54) is 6.07 Å². The molecule has 1 N–H and O–H groups in total. The molecule has 0 atom stereocenters. The maximum absolute atomic E-state index is 13.3. The van der Waals surface area contributed by atoms with Crippen molar-refractivity contribution < 1.29 is 17.9 Å². The summed E-state index contributed by atoms with van der Waals surface area (Å²) in [6, 6.07) is 10.4. The predicted octanol–water partition coefficient (Wildman–Crippen LogP) is 4.38. The quantitative estimate of drug-likeness (QED) is 0.738. The normalized spacial score (nSPS) is 15.7. The molecule has 1 aliphatic heterocycles. The van der Waals surface area contributed by atoms with Crippen LogP contribution in [0.2, 0.25) is 0 Å². The van der Waals surface area contributed by atoms with Gasteiger partial charge in [-0.3, -0.25) is 4.79 Å². The molecule has 3 rings (SSSR count). The number of aryl methyl sites for hydroxylation is 1. The van der Waals surface area contributed by atoms with Gasteiger partial charge in [0.15, 0.2) is 0 Å². The van der Waals surface area contributed by atoms with E-state index in [4.69, 9.17) is 4.74 Å². The van der Waals surface area contributed by atoms with E-state index in [0.717, 1.165) is 18.4 Å². The number of benzene rings is 2. The average Bonchev–Trinajstić information content (AvgIpc) is 2.71. The summed E-state index contributed by atoms with van der Waals surface area (Å²) in [6.07, 6.45) is 1.71. The topological polar surface area (TPSA) is 75.7 Å². The Morgan fingerprint density at radius 1 is 1.17 bits per heavy atom. The summed E-state index contributed by atoms with van der Waals surface area (Å²) >= 11 is 0. The third kappa shape index (κ3) is 4.68. The molecule has 0 aliphatic carbocycles. The Morgan fingerprint density at radius 2 is 1.83 bits per heavy atom. The number of piperidine rings is 1. The molecule has 1 fully saturated rings. The predicted molar refractivity (Wildman–Crippen MR) is 119 cm³/mol. The smallest absolute Gasteiger partial charge is 0.255 e. The summed E-state index contributed by atoms with van der Waals surface area (Å²) in [4.78, 5) is 13.2. The number of rotatable bonds is 6. The highest BCUT2D eigenvalue weighted by Crippen LogP contribution is 2.29. The number of ether oxygens (including phenoxy) is 1. The number of nitrogens with one attached hydrogen (secondary N) is 1. The van der Waals surface area contributed by atoms with Gasteiger partial charge in [-0.05, 0) is 74.9 Å². The number of anilines is 1. The molecule has 0 saturated carbocycles. The molecule has 0 unspecified atom stereocenters. The molecule has 1 saturated heterocycles. The van der Waals surface area contributed by atoms with Gasteiger partial charge >= 0.3 is 0 Å². The van der Waals surface area contributed by atoms with Crippen molar-refractivity contribution in [3.63, 3.8) is 0 Å². The lowest BCUT2D eigenvalue weighted by molar-refractivity contribution is 0.102. The van der Waals surface area contributed by atoms with Crippen LogP contribution < -0.4 is 10.1 Å². The second-order valence-electron chi connectivity index (χ2n) is 7.89. The van der Waals surface area contributed by atoms with Gasteiger partial charge in [-0.2, -0.15) is 4.31 Å². The monoisotopic (exact) mass is 430 g/mol. The maximum Gasteiger partial charge on any atom is 0.255 e. The average molecular weight is 431 g/mol. The Bertz CT molecular complexity index is 1030. The van der Waals surface area contributed by atoms with Gasteiger partial charge in [0, 0.05) is 18.7 Å². The minimum atomic E-state index is -3.66. The van der Waals surface area contributed by atoms with Crippen LogP contribution in [0.25, 0.3) is 0 Å². The van der Waals surface area contributed by atoms with Crippen molar-refractivity contribution in [3.05, 3.63) is 53.1 Å². The molecular weight excluding hydrogens is 400 g/mol. The zero-order valence-electron chi connectivity index (χ0n) is 18.1. The van der Waals surface area contributed by atoms with E-state index >= 15 is 0 Å². The first kappa shape index (κ1) is 22.3. The fourth-order valence-electron chi connectivity index (χ4n) is 3.64. The van der Waals surface area contributed by atoms with E-state index < -0.39 is 10.0 Å².